The van der Waals surface area contributed by atoms with Crippen LogP contribution in [0.3, 0.4) is 0 Å². The summed E-state index contributed by atoms with van der Waals surface area (Å²) in [7, 11) is 0. The number of aliphatic hydroxyl groups is 3. The van der Waals surface area contributed by atoms with Gasteiger partial charge in [0, 0.05) is 57.5 Å². The lowest BCUT2D eigenvalue weighted by molar-refractivity contribution is -0.203. The van der Waals surface area contributed by atoms with Gasteiger partial charge in [0.2, 0.25) is 5.91 Å². The Balaban J connectivity index is 0.973. The highest BCUT2D eigenvalue weighted by molar-refractivity contribution is 7.99. The van der Waals surface area contributed by atoms with E-state index in [1.165, 1.54) is 47.9 Å². The number of alkyl halides is 2. The molecule has 2 aromatic rings. The number of halogens is 2. The maximum atomic E-state index is 17.6. The van der Waals surface area contributed by atoms with Gasteiger partial charge in [-0.2, -0.15) is 0 Å². The summed E-state index contributed by atoms with van der Waals surface area (Å²) in [5, 5.41) is 35.8. The molecule has 0 spiro atoms. The van der Waals surface area contributed by atoms with Crippen LogP contribution in [0.4, 0.5) is 14.5 Å². The van der Waals surface area contributed by atoms with Crippen LogP contribution in [0.5, 0.6) is 0 Å². The van der Waals surface area contributed by atoms with Gasteiger partial charge in [-0.25, -0.2) is 8.78 Å². The average Bonchev–Trinajstić information content (AvgIpc) is 3.66. The Hall–Kier alpha value is -4.34. The maximum absolute atomic E-state index is 17.6. The predicted octanol–water partition coefficient (Wildman–Crippen LogP) is 5.74. The number of ketones is 2. The molecule has 0 aromatic heterocycles. The van der Waals surface area contributed by atoms with Gasteiger partial charge in [-0.05, 0) is 98.4 Å². The summed E-state index contributed by atoms with van der Waals surface area (Å²) in [5.41, 5.74) is -4.01. The van der Waals surface area contributed by atoms with E-state index in [-0.39, 0.29) is 49.0 Å². The Labute approximate surface area is 339 Å². The van der Waals surface area contributed by atoms with E-state index in [4.69, 9.17) is 4.74 Å². The highest BCUT2D eigenvalue weighted by Gasteiger charge is 2.73. The number of nitrogens with zero attached hydrogens (tertiary/aromatic N) is 1. The lowest BCUT2D eigenvalue weighted by Gasteiger charge is -2.62. The fraction of sp³-hybridized carbons (Fsp3) is 0.477. The summed E-state index contributed by atoms with van der Waals surface area (Å²) in [5.74, 6) is -4.51. The first-order chi connectivity index (χ1) is 27.6. The zero-order chi connectivity index (χ0) is 41.6. The SMILES string of the molecule is C[C@]12C[C@H](O)[C@@]3(F)[C@@H](C[C@H](F)C4=CC(=O)C=C[C@@]43C)[C@@H]1C[C@@H](O[C@H](O)c1ccc(Sc3cccc(NC(=O)CCCCCN4C(=O)C=CC4=O)c3)cc1)[C@@H]2C(=O)CO. The molecule has 0 radical (unpaired) electrons. The number of carbonyl (C=O) groups is 5. The van der Waals surface area contributed by atoms with Crippen molar-refractivity contribution in [1.29, 1.82) is 0 Å². The van der Waals surface area contributed by atoms with Crippen molar-refractivity contribution in [3.8, 4) is 0 Å². The number of hydrogen-bond acceptors (Lipinski definition) is 10. The summed E-state index contributed by atoms with van der Waals surface area (Å²) in [4.78, 5) is 64.4. The van der Waals surface area contributed by atoms with E-state index in [0.29, 0.717) is 37.1 Å². The molecule has 1 heterocycles. The van der Waals surface area contributed by atoms with Gasteiger partial charge in [0.25, 0.3) is 11.8 Å². The van der Waals surface area contributed by atoms with Crippen LogP contribution in [-0.4, -0.2) is 86.7 Å². The third kappa shape index (κ3) is 7.53. The molecule has 308 valence electrons. The molecule has 0 saturated heterocycles. The summed E-state index contributed by atoms with van der Waals surface area (Å²) in [6.45, 7) is 2.75. The molecule has 10 atom stereocenters. The molecule has 5 aliphatic rings. The van der Waals surface area contributed by atoms with Gasteiger partial charge in [-0.15, -0.1) is 0 Å². The molecule has 3 saturated carbocycles. The van der Waals surface area contributed by atoms with E-state index in [9.17, 15) is 39.3 Å². The van der Waals surface area contributed by atoms with Gasteiger partial charge in [-0.1, -0.05) is 49.4 Å². The third-order valence-electron chi connectivity index (χ3n) is 13.1. The Kier molecular flexibility index (Phi) is 11.8. The van der Waals surface area contributed by atoms with Gasteiger partial charge in [0.15, 0.2) is 23.5 Å². The number of aliphatic hydroxyl groups excluding tert-OH is 3. The van der Waals surface area contributed by atoms with Crippen LogP contribution < -0.4 is 5.32 Å². The first-order valence-electron chi connectivity index (χ1n) is 19.7. The Bertz CT molecular complexity index is 2060. The van der Waals surface area contributed by atoms with Crippen LogP contribution in [0, 0.1) is 28.6 Å². The molecule has 1 aliphatic heterocycles. The van der Waals surface area contributed by atoms with Crippen molar-refractivity contribution in [3.63, 3.8) is 0 Å². The summed E-state index contributed by atoms with van der Waals surface area (Å²) < 4.78 is 39.7. The lowest BCUT2D eigenvalue weighted by Crippen LogP contribution is -2.68. The molecule has 14 heteroatoms. The number of benzene rings is 2. The molecule has 0 unspecified atom stereocenters. The van der Waals surface area contributed by atoms with E-state index in [0.717, 1.165) is 15.9 Å². The van der Waals surface area contributed by atoms with Crippen molar-refractivity contribution in [2.24, 2.45) is 28.6 Å². The van der Waals surface area contributed by atoms with Crippen LogP contribution >= 0.6 is 11.8 Å². The van der Waals surface area contributed by atoms with Gasteiger partial charge >= 0.3 is 0 Å². The number of unbranched alkanes of at least 4 members (excludes halogenated alkanes) is 2. The lowest BCUT2D eigenvalue weighted by atomic mass is 9.45. The fourth-order valence-electron chi connectivity index (χ4n) is 10.3. The molecule has 7 rings (SSSR count). The van der Waals surface area contributed by atoms with E-state index in [1.54, 1.807) is 37.3 Å². The summed E-state index contributed by atoms with van der Waals surface area (Å²) in [6.07, 6.45) is 2.26. The second-order valence-corrected chi connectivity index (χ2v) is 17.7. The number of carbonyl (C=O) groups excluding carboxylic acids is 5. The number of Topliss-reactive ketones (excluding diaryl/α,β-unsaturated/α-hetero) is 1. The molecular formula is C44H48F2N2O9S. The molecule has 58 heavy (non-hydrogen) atoms. The van der Waals surface area contributed by atoms with Crippen molar-refractivity contribution in [2.75, 3.05) is 18.5 Å². The molecule has 0 bridgehead atoms. The minimum atomic E-state index is -2.35. The maximum Gasteiger partial charge on any atom is 0.253 e. The highest BCUT2D eigenvalue weighted by Crippen LogP contribution is 2.69. The van der Waals surface area contributed by atoms with Crippen LogP contribution in [0.25, 0.3) is 0 Å². The Morgan fingerprint density at radius 2 is 1.71 bits per heavy atom. The van der Waals surface area contributed by atoms with Gasteiger partial charge in [0.05, 0.1) is 18.1 Å². The second kappa shape index (κ2) is 16.4. The number of rotatable bonds is 14. The molecule has 11 nitrogen and oxygen atoms in total. The van der Waals surface area contributed by atoms with Crippen molar-refractivity contribution in [1.82, 2.24) is 4.90 Å². The zero-order valence-corrected chi connectivity index (χ0v) is 33.1. The van der Waals surface area contributed by atoms with Crippen molar-refractivity contribution < 1.29 is 52.8 Å². The monoisotopic (exact) mass is 818 g/mol. The van der Waals surface area contributed by atoms with Crippen LogP contribution in [0.1, 0.15) is 70.6 Å². The quantitative estimate of drug-likeness (QED) is 0.105. The fourth-order valence-corrected chi connectivity index (χ4v) is 11.2. The van der Waals surface area contributed by atoms with Crippen molar-refractivity contribution in [2.45, 2.75) is 98.9 Å². The van der Waals surface area contributed by atoms with E-state index >= 15 is 8.78 Å². The standard InChI is InChI=1S/C44H48F2N2O9S/c1-42-23-36(52)44(46)31(21-33(45)32-20-27(50)16-17-43(32,44)2)30(42)22-35(40(42)34(51)24-49)57-41(56)25-10-12-28(13-11-25)58-29-8-6-7-26(19-29)47-37(53)9-4-3-5-18-48-38(54)14-15-39(48)55/h6-8,10-17,19-20,30-31,33,35-36,40-41,49,52,56H,3-5,9,18,21-24H2,1-2H3,(H,47,53)/t30-,31-,33-,35+,36-,40-,41-,42-,43-,44-/m0/s1. The molecule has 2 aromatic carbocycles. The smallest absolute Gasteiger partial charge is 0.253 e. The number of fused-ring (bicyclic) bond motifs is 5. The number of amides is 3. The molecular weight excluding hydrogens is 771 g/mol. The molecule has 4 N–H and O–H groups in total. The number of imide groups is 1. The normalized spacial score (nSPS) is 33.1. The van der Waals surface area contributed by atoms with Crippen LogP contribution in [0.2, 0.25) is 0 Å². The minimum absolute atomic E-state index is 0.00179. The topological polar surface area (TPSA) is 171 Å². The number of allylic oxidation sites excluding steroid dienone is 4. The first-order valence-corrected chi connectivity index (χ1v) is 20.6. The van der Waals surface area contributed by atoms with Crippen molar-refractivity contribution in [3.05, 3.63) is 90.0 Å². The Morgan fingerprint density at radius 1 is 0.983 bits per heavy atom. The van der Waals surface area contributed by atoms with E-state index < -0.39 is 77.1 Å². The molecule has 4 aliphatic carbocycles. The highest BCUT2D eigenvalue weighted by atomic mass is 32.2. The van der Waals surface area contributed by atoms with Crippen LogP contribution in [0.15, 0.2) is 94.3 Å². The molecule has 3 fully saturated rings. The van der Waals surface area contributed by atoms with E-state index in [2.05, 4.69) is 5.32 Å². The summed E-state index contributed by atoms with van der Waals surface area (Å²) in [6, 6.07) is 14.3. The zero-order valence-electron chi connectivity index (χ0n) is 32.3. The number of nitrogens with one attached hydrogen (secondary N) is 1. The van der Waals surface area contributed by atoms with Gasteiger partial charge in [0.1, 0.15) is 12.8 Å². The van der Waals surface area contributed by atoms with E-state index in [1.807, 2.05) is 18.2 Å². The summed E-state index contributed by atoms with van der Waals surface area (Å²) >= 11 is 1.43. The minimum Gasteiger partial charge on any atom is -0.390 e. The largest absolute Gasteiger partial charge is 0.390 e. The van der Waals surface area contributed by atoms with Gasteiger partial charge < -0.3 is 25.4 Å². The third-order valence-corrected chi connectivity index (χ3v) is 14.1. The second-order valence-electron chi connectivity index (χ2n) is 16.5. The number of ether oxygens (including phenoxy) is 1. The average molecular weight is 819 g/mol. The number of hydrogen-bond donors (Lipinski definition) is 4. The Morgan fingerprint density at radius 3 is 2.41 bits per heavy atom. The molecule has 3 amide bonds. The van der Waals surface area contributed by atoms with Crippen LogP contribution in [-0.2, 0) is 28.7 Å². The predicted molar refractivity (Wildman–Crippen MR) is 209 cm³/mol. The van der Waals surface area contributed by atoms with Crippen molar-refractivity contribution >= 4 is 46.7 Å². The first kappa shape index (κ1) is 41.8. The number of anilines is 1. The van der Waals surface area contributed by atoms with Gasteiger partial charge in [-0.3, -0.25) is 28.9 Å².